The summed E-state index contributed by atoms with van der Waals surface area (Å²) < 4.78 is 0. The Hall–Kier alpha value is 0.495. The standard InChI is InChI=1S/C7H14BP/c1-6(2,3)5-4-7(5,8)9/h5H,4,9H2,1-3H3. The second kappa shape index (κ2) is 1.75. The third-order valence-corrected chi connectivity index (χ3v) is 2.73. The Bertz CT molecular complexity index is 123. The van der Waals surface area contributed by atoms with E-state index in [0.717, 1.165) is 0 Å². The molecule has 1 aliphatic carbocycles. The highest BCUT2D eigenvalue weighted by atomic mass is 31.0. The van der Waals surface area contributed by atoms with Gasteiger partial charge in [-0.15, -0.1) is 9.24 Å². The van der Waals surface area contributed by atoms with Gasteiger partial charge in [0.2, 0.25) is 0 Å². The van der Waals surface area contributed by atoms with E-state index >= 15 is 0 Å². The molecule has 0 bridgehead atoms. The van der Waals surface area contributed by atoms with Crippen LogP contribution < -0.4 is 0 Å². The molecule has 0 amide bonds. The molecule has 0 aromatic heterocycles. The van der Waals surface area contributed by atoms with Crippen LogP contribution in [-0.4, -0.2) is 12.9 Å². The van der Waals surface area contributed by atoms with Crippen molar-refractivity contribution in [3.05, 3.63) is 0 Å². The average molecular weight is 140 g/mol. The van der Waals surface area contributed by atoms with Gasteiger partial charge in [-0.2, -0.15) is 0 Å². The zero-order valence-electron chi connectivity index (χ0n) is 6.44. The summed E-state index contributed by atoms with van der Waals surface area (Å²) in [5, 5.41) is 0.0677. The maximum atomic E-state index is 5.86. The molecule has 2 heteroatoms. The fraction of sp³-hybridized carbons (Fsp3) is 1.00. The van der Waals surface area contributed by atoms with E-state index in [4.69, 9.17) is 7.85 Å². The molecular formula is C7H14BP. The second-order valence-electron chi connectivity index (χ2n) is 4.24. The van der Waals surface area contributed by atoms with Crippen molar-refractivity contribution in [2.24, 2.45) is 11.3 Å². The van der Waals surface area contributed by atoms with E-state index < -0.39 is 0 Å². The summed E-state index contributed by atoms with van der Waals surface area (Å²) >= 11 is 0. The van der Waals surface area contributed by atoms with Crippen molar-refractivity contribution >= 4 is 17.1 Å². The molecule has 1 saturated carbocycles. The van der Waals surface area contributed by atoms with Gasteiger partial charge in [-0.3, -0.25) is 0 Å². The summed E-state index contributed by atoms with van der Waals surface area (Å²) in [6.45, 7) is 6.74. The molecule has 2 radical (unpaired) electrons. The quantitative estimate of drug-likeness (QED) is 0.355. The predicted octanol–water partition coefficient (Wildman–Crippen LogP) is 1.79. The summed E-state index contributed by atoms with van der Waals surface area (Å²) in [7, 11) is 8.59. The van der Waals surface area contributed by atoms with E-state index in [1.165, 1.54) is 6.42 Å². The van der Waals surface area contributed by atoms with Gasteiger partial charge < -0.3 is 0 Å². The molecule has 9 heavy (non-hydrogen) atoms. The molecule has 0 N–H and O–H groups in total. The van der Waals surface area contributed by atoms with Crippen LogP contribution in [0.3, 0.4) is 0 Å². The molecule has 0 aromatic rings. The topological polar surface area (TPSA) is 0 Å². The lowest BCUT2D eigenvalue weighted by Gasteiger charge is -2.20. The van der Waals surface area contributed by atoms with Crippen LogP contribution in [-0.2, 0) is 0 Å². The average Bonchev–Trinajstić information content (AvgIpc) is 2.10. The SMILES string of the molecule is [B]C1(P)CC1C(C)(C)C. The molecule has 3 atom stereocenters. The van der Waals surface area contributed by atoms with Crippen molar-refractivity contribution in [2.75, 3.05) is 0 Å². The summed E-state index contributed by atoms with van der Waals surface area (Å²) in [5.41, 5.74) is 0.399. The molecule has 1 rings (SSSR count). The fourth-order valence-corrected chi connectivity index (χ4v) is 2.14. The Kier molecular flexibility index (Phi) is 1.48. The predicted molar refractivity (Wildman–Crippen MR) is 45.8 cm³/mol. The van der Waals surface area contributed by atoms with Gasteiger partial charge in [0.05, 0.1) is 7.85 Å². The first-order chi connectivity index (χ1) is 3.84. The van der Waals surface area contributed by atoms with Gasteiger partial charge in [-0.25, -0.2) is 0 Å². The molecule has 0 saturated heterocycles. The Morgan fingerprint density at radius 1 is 1.56 bits per heavy atom. The van der Waals surface area contributed by atoms with Crippen molar-refractivity contribution in [2.45, 2.75) is 32.2 Å². The molecule has 50 valence electrons. The summed E-state index contributed by atoms with van der Waals surface area (Å²) in [4.78, 5) is 0. The minimum Gasteiger partial charge on any atom is -0.140 e. The maximum Gasteiger partial charge on any atom is 0.0807 e. The number of rotatable bonds is 0. The lowest BCUT2D eigenvalue weighted by atomic mass is 9.84. The van der Waals surface area contributed by atoms with Crippen molar-refractivity contribution in [1.82, 2.24) is 0 Å². The lowest BCUT2D eigenvalue weighted by molar-refractivity contribution is 0.349. The molecule has 0 aromatic carbocycles. The molecule has 3 unspecified atom stereocenters. The smallest absolute Gasteiger partial charge is 0.0807 e. The Morgan fingerprint density at radius 2 is 1.89 bits per heavy atom. The fourth-order valence-electron chi connectivity index (χ4n) is 1.41. The van der Waals surface area contributed by atoms with Gasteiger partial charge in [0.15, 0.2) is 0 Å². The first-order valence-electron chi connectivity index (χ1n) is 3.42. The van der Waals surface area contributed by atoms with Crippen molar-refractivity contribution in [3.63, 3.8) is 0 Å². The van der Waals surface area contributed by atoms with Crippen LogP contribution in [0.4, 0.5) is 0 Å². The van der Waals surface area contributed by atoms with Crippen LogP contribution in [0.5, 0.6) is 0 Å². The Morgan fingerprint density at radius 3 is 1.89 bits per heavy atom. The van der Waals surface area contributed by atoms with E-state index in [1.54, 1.807) is 0 Å². The van der Waals surface area contributed by atoms with Crippen LogP contribution in [0.25, 0.3) is 0 Å². The van der Waals surface area contributed by atoms with Crippen molar-refractivity contribution in [3.8, 4) is 0 Å². The first-order valence-corrected chi connectivity index (χ1v) is 3.99. The van der Waals surface area contributed by atoms with E-state index in [9.17, 15) is 0 Å². The van der Waals surface area contributed by atoms with Crippen LogP contribution in [0.15, 0.2) is 0 Å². The van der Waals surface area contributed by atoms with E-state index in [1.807, 2.05) is 0 Å². The van der Waals surface area contributed by atoms with Gasteiger partial charge >= 0.3 is 0 Å². The maximum absolute atomic E-state index is 5.86. The zero-order valence-corrected chi connectivity index (χ0v) is 7.59. The zero-order chi connectivity index (χ0) is 7.28. The molecule has 0 nitrogen and oxygen atoms in total. The monoisotopic (exact) mass is 140 g/mol. The molecular weight excluding hydrogens is 126 g/mol. The third kappa shape index (κ3) is 1.49. The van der Waals surface area contributed by atoms with Gasteiger partial charge in [0.1, 0.15) is 0 Å². The minimum atomic E-state index is 0.0677. The number of hydrogen-bond donors (Lipinski definition) is 0. The van der Waals surface area contributed by atoms with Gasteiger partial charge in [-0.1, -0.05) is 20.8 Å². The van der Waals surface area contributed by atoms with E-state index in [2.05, 4.69) is 30.0 Å². The van der Waals surface area contributed by atoms with Crippen LogP contribution in [0.1, 0.15) is 27.2 Å². The van der Waals surface area contributed by atoms with E-state index in [-0.39, 0.29) is 5.06 Å². The number of hydrogen-bond acceptors (Lipinski definition) is 0. The van der Waals surface area contributed by atoms with Gasteiger partial charge in [0.25, 0.3) is 0 Å². The van der Waals surface area contributed by atoms with Crippen molar-refractivity contribution in [1.29, 1.82) is 0 Å². The third-order valence-electron chi connectivity index (χ3n) is 2.09. The largest absolute Gasteiger partial charge is 0.140 e. The summed E-state index contributed by atoms with van der Waals surface area (Å²) in [6, 6.07) is 0. The minimum absolute atomic E-state index is 0.0677. The van der Waals surface area contributed by atoms with Gasteiger partial charge in [0, 0.05) is 0 Å². The first kappa shape index (κ1) is 7.60. The molecule has 1 fully saturated rings. The van der Waals surface area contributed by atoms with Crippen molar-refractivity contribution < 1.29 is 0 Å². The highest BCUT2D eigenvalue weighted by Gasteiger charge is 2.51. The molecule has 1 aliphatic rings. The van der Waals surface area contributed by atoms with E-state index in [0.29, 0.717) is 11.3 Å². The second-order valence-corrected chi connectivity index (χ2v) is 5.31. The Labute approximate surface area is 61.4 Å². The molecule has 0 spiro atoms. The van der Waals surface area contributed by atoms with Gasteiger partial charge in [-0.05, 0) is 22.8 Å². The summed E-state index contributed by atoms with van der Waals surface area (Å²) in [5.74, 6) is 0.704. The van der Waals surface area contributed by atoms with Crippen LogP contribution in [0, 0.1) is 11.3 Å². The normalized spacial score (nSPS) is 42.9. The van der Waals surface area contributed by atoms with Crippen LogP contribution in [0.2, 0.25) is 0 Å². The highest BCUT2D eigenvalue weighted by Crippen LogP contribution is 2.57. The lowest BCUT2D eigenvalue weighted by Crippen LogP contribution is -2.15. The molecule has 0 heterocycles. The van der Waals surface area contributed by atoms with Crippen LogP contribution >= 0.6 is 9.24 Å². The molecule has 0 aliphatic heterocycles. The summed E-state index contributed by atoms with van der Waals surface area (Å²) in [6.07, 6.45) is 1.17. The Balaban J connectivity index is 2.52. The highest BCUT2D eigenvalue weighted by molar-refractivity contribution is 7.23.